The predicted molar refractivity (Wildman–Crippen MR) is 77.8 cm³/mol. The van der Waals surface area contributed by atoms with Crippen LogP contribution in [0.15, 0.2) is 24.3 Å². The lowest BCUT2D eigenvalue weighted by Crippen LogP contribution is -2.46. The second-order valence-corrected chi connectivity index (χ2v) is 7.01. The second kappa shape index (κ2) is 5.80. The van der Waals surface area contributed by atoms with Crippen molar-refractivity contribution in [3.63, 3.8) is 0 Å². The first-order chi connectivity index (χ1) is 9.36. The Kier molecular flexibility index (Phi) is 4.29. The van der Waals surface area contributed by atoms with Crippen molar-refractivity contribution in [3.8, 4) is 0 Å². The molecule has 0 radical (unpaired) electrons. The van der Waals surface area contributed by atoms with Crippen molar-refractivity contribution in [2.75, 3.05) is 25.1 Å². The number of hydrogen-bond donors (Lipinski definition) is 2. The minimum atomic E-state index is -3.13. The topological polar surface area (TPSA) is 92.5 Å². The molecule has 0 bridgehead atoms. The SMILES string of the molecule is CS(=O)(=O)N1CCC(NC(=O)c2ccc(N)cc2)CC1. The maximum atomic E-state index is 12.0. The third kappa shape index (κ3) is 3.71. The molecule has 1 saturated heterocycles. The molecule has 1 aromatic carbocycles. The number of nitrogens with zero attached hydrogens (tertiary/aromatic N) is 1. The molecule has 2 rings (SSSR count). The van der Waals surface area contributed by atoms with Gasteiger partial charge < -0.3 is 11.1 Å². The zero-order valence-corrected chi connectivity index (χ0v) is 12.2. The van der Waals surface area contributed by atoms with Crippen LogP contribution in [-0.4, -0.2) is 44.0 Å². The van der Waals surface area contributed by atoms with Crippen LogP contribution in [0.4, 0.5) is 5.69 Å². The van der Waals surface area contributed by atoms with E-state index in [0.717, 1.165) is 0 Å². The Morgan fingerprint density at radius 3 is 2.30 bits per heavy atom. The molecule has 0 unspecified atom stereocenters. The van der Waals surface area contributed by atoms with Crippen LogP contribution in [0, 0.1) is 0 Å². The molecular weight excluding hydrogens is 278 g/mol. The van der Waals surface area contributed by atoms with Crippen molar-refractivity contribution in [1.29, 1.82) is 0 Å². The van der Waals surface area contributed by atoms with Gasteiger partial charge in [-0.25, -0.2) is 12.7 Å². The zero-order valence-electron chi connectivity index (χ0n) is 11.4. The van der Waals surface area contributed by atoms with Crippen LogP contribution in [0.25, 0.3) is 0 Å². The normalized spacial score (nSPS) is 17.9. The lowest BCUT2D eigenvalue weighted by atomic mass is 10.1. The first-order valence-electron chi connectivity index (χ1n) is 6.48. The second-order valence-electron chi connectivity index (χ2n) is 5.03. The molecule has 6 nitrogen and oxygen atoms in total. The van der Waals surface area contributed by atoms with Gasteiger partial charge in [-0.1, -0.05) is 0 Å². The number of hydrogen-bond acceptors (Lipinski definition) is 4. The number of nitrogens with two attached hydrogens (primary N) is 1. The number of benzene rings is 1. The third-order valence-corrected chi connectivity index (χ3v) is 4.73. The molecule has 1 amide bonds. The largest absolute Gasteiger partial charge is 0.399 e. The first-order valence-corrected chi connectivity index (χ1v) is 8.32. The number of rotatable bonds is 3. The summed E-state index contributed by atoms with van der Waals surface area (Å²) in [4.78, 5) is 12.0. The van der Waals surface area contributed by atoms with Crippen LogP contribution >= 0.6 is 0 Å². The molecule has 1 aliphatic rings. The first kappa shape index (κ1) is 14.8. The molecule has 0 spiro atoms. The highest BCUT2D eigenvalue weighted by atomic mass is 32.2. The Morgan fingerprint density at radius 1 is 1.25 bits per heavy atom. The van der Waals surface area contributed by atoms with E-state index in [1.165, 1.54) is 10.6 Å². The molecule has 7 heteroatoms. The summed E-state index contributed by atoms with van der Waals surface area (Å²) in [5.41, 5.74) is 6.75. The maximum Gasteiger partial charge on any atom is 0.251 e. The predicted octanol–water partition coefficient (Wildman–Crippen LogP) is 0.423. The highest BCUT2D eigenvalue weighted by Crippen LogP contribution is 2.14. The smallest absolute Gasteiger partial charge is 0.251 e. The quantitative estimate of drug-likeness (QED) is 0.791. The van der Waals surface area contributed by atoms with Gasteiger partial charge in [-0.3, -0.25) is 4.79 Å². The van der Waals surface area contributed by atoms with E-state index in [2.05, 4.69) is 5.32 Å². The summed E-state index contributed by atoms with van der Waals surface area (Å²) in [6.45, 7) is 0.900. The van der Waals surface area contributed by atoms with Gasteiger partial charge in [0.25, 0.3) is 5.91 Å². The fraction of sp³-hybridized carbons (Fsp3) is 0.462. The number of nitrogen functional groups attached to an aromatic ring is 1. The van der Waals surface area contributed by atoms with Crippen molar-refractivity contribution in [1.82, 2.24) is 9.62 Å². The maximum absolute atomic E-state index is 12.0. The van der Waals surface area contributed by atoms with Crippen molar-refractivity contribution in [2.45, 2.75) is 18.9 Å². The number of sulfonamides is 1. The van der Waals surface area contributed by atoms with Gasteiger partial charge >= 0.3 is 0 Å². The van der Waals surface area contributed by atoms with Gasteiger partial charge in [0.2, 0.25) is 10.0 Å². The van der Waals surface area contributed by atoms with E-state index in [9.17, 15) is 13.2 Å². The van der Waals surface area contributed by atoms with E-state index in [4.69, 9.17) is 5.73 Å². The lowest BCUT2D eigenvalue weighted by molar-refractivity contribution is 0.0924. The molecule has 20 heavy (non-hydrogen) atoms. The van der Waals surface area contributed by atoms with Crippen LogP contribution in [-0.2, 0) is 10.0 Å². The molecule has 0 saturated carbocycles. The van der Waals surface area contributed by atoms with Gasteiger partial charge in [0.05, 0.1) is 6.26 Å². The fourth-order valence-corrected chi connectivity index (χ4v) is 3.11. The standard InChI is InChI=1S/C13H19N3O3S/c1-20(18,19)16-8-6-12(7-9-16)15-13(17)10-2-4-11(14)5-3-10/h2-5,12H,6-9,14H2,1H3,(H,15,17). The van der Waals surface area contributed by atoms with E-state index in [1.807, 2.05) is 0 Å². The summed E-state index contributed by atoms with van der Waals surface area (Å²) in [6.07, 6.45) is 2.47. The molecule has 3 N–H and O–H groups in total. The summed E-state index contributed by atoms with van der Waals surface area (Å²) in [6, 6.07) is 6.73. The van der Waals surface area contributed by atoms with Crippen LogP contribution in [0.3, 0.4) is 0 Å². The number of nitrogens with one attached hydrogen (secondary N) is 1. The Bertz CT molecular complexity index is 575. The van der Waals surface area contributed by atoms with Gasteiger partial charge in [-0.05, 0) is 37.1 Å². The van der Waals surface area contributed by atoms with Crippen LogP contribution in [0.5, 0.6) is 0 Å². The Balaban J connectivity index is 1.89. The highest BCUT2D eigenvalue weighted by Gasteiger charge is 2.25. The molecule has 1 aromatic rings. The summed E-state index contributed by atoms with van der Waals surface area (Å²) in [7, 11) is -3.13. The monoisotopic (exact) mass is 297 g/mol. The van der Waals surface area contributed by atoms with Crippen molar-refractivity contribution >= 4 is 21.6 Å². The summed E-state index contributed by atoms with van der Waals surface area (Å²) < 4.78 is 24.2. The van der Waals surface area contributed by atoms with Crippen molar-refractivity contribution < 1.29 is 13.2 Å². The Hall–Kier alpha value is -1.60. The summed E-state index contributed by atoms with van der Waals surface area (Å²) in [5.74, 6) is -0.150. The van der Waals surface area contributed by atoms with Crippen molar-refractivity contribution in [2.24, 2.45) is 0 Å². The van der Waals surface area contributed by atoms with Gasteiger partial charge in [0, 0.05) is 30.4 Å². The number of piperidine rings is 1. The molecule has 1 aliphatic heterocycles. The van der Waals surface area contributed by atoms with Crippen LogP contribution < -0.4 is 11.1 Å². The van der Waals surface area contributed by atoms with Crippen molar-refractivity contribution in [3.05, 3.63) is 29.8 Å². The molecule has 0 aromatic heterocycles. The molecule has 1 heterocycles. The Morgan fingerprint density at radius 2 is 1.80 bits per heavy atom. The molecular formula is C13H19N3O3S. The third-order valence-electron chi connectivity index (χ3n) is 3.43. The van der Waals surface area contributed by atoms with E-state index < -0.39 is 10.0 Å². The van der Waals surface area contributed by atoms with Gasteiger partial charge in [-0.2, -0.15) is 0 Å². The molecule has 110 valence electrons. The average Bonchev–Trinajstić information content (AvgIpc) is 2.39. The number of carbonyl (C=O) groups excluding carboxylic acids is 1. The summed E-state index contributed by atoms with van der Waals surface area (Å²) >= 11 is 0. The summed E-state index contributed by atoms with van der Waals surface area (Å²) in [5, 5.41) is 2.93. The number of amides is 1. The minimum Gasteiger partial charge on any atom is -0.399 e. The van der Waals surface area contributed by atoms with Crippen LogP contribution in [0.2, 0.25) is 0 Å². The fourth-order valence-electron chi connectivity index (χ4n) is 2.24. The van der Waals surface area contributed by atoms with E-state index in [-0.39, 0.29) is 11.9 Å². The lowest BCUT2D eigenvalue weighted by Gasteiger charge is -2.30. The van der Waals surface area contributed by atoms with Gasteiger partial charge in [-0.15, -0.1) is 0 Å². The Labute approximate surface area is 119 Å². The highest BCUT2D eigenvalue weighted by molar-refractivity contribution is 7.88. The molecule has 0 aliphatic carbocycles. The van der Waals surface area contributed by atoms with E-state index in [0.29, 0.717) is 37.2 Å². The number of carbonyl (C=O) groups is 1. The van der Waals surface area contributed by atoms with E-state index in [1.54, 1.807) is 24.3 Å². The van der Waals surface area contributed by atoms with E-state index >= 15 is 0 Å². The molecule has 1 fully saturated rings. The van der Waals surface area contributed by atoms with Gasteiger partial charge in [0.15, 0.2) is 0 Å². The zero-order chi connectivity index (χ0) is 14.8. The minimum absolute atomic E-state index is 0.0121. The van der Waals surface area contributed by atoms with Gasteiger partial charge in [0.1, 0.15) is 0 Å². The molecule has 0 atom stereocenters. The average molecular weight is 297 g/mol. The number of anilines is 1. The van der Waals surface area contributed by atoms with Crippen LogP contribution in [0.1, 0.15) is 23.2 Å².